The summed E-state index contributed by atoms with van der Waals surface area (Å²) >= 11 is 3.21. The van der Waals surface area contributed by atoms with Gasteiger partial charge in [-0.15, -0.1) is 0 Å². The van der Waals surface area contributed by atoms with Crippen LogP contribution in [0.1, 0.15) is 10.4 Å². The van der Waals surface area contributed by atoms with Crippen LogP contribution in [0, 0.1) is 0 Å². The number of nitrogens with zero attached hydrogens (tertiary/aromatic N) is 1. The summed E-state index contributed by atoms with van der Waals surface area (Å²) in [5, 5.41) is 0. The van der Waals surface area contributed by atoms with Crippen molar-refractivity contribution in [2.75, 3.05) is 20.2 Å². The summed E-state index contributed by atoms with van der Waals surface area (Å²) < 4.78 is 17.0. The van der Waals surface area contributed by atoms with Crippen molar-refractivity contribution in [1.82, 2.24) is 4.90 Å². The molecule has 0 fully saturated rings. The average molecular weight is 352 g/mol. The third-order valence-corrected chi connectivity index (χ3v) is 3.85. The van der Waals surface area contributed by atoms with E-state index in [-0.39, 0.29) is 12.0 Å². The smallest absolute Gasteiger partial charge is 0.258 e. The molecule has 6 heteroatoms. The average Bonchev–Trinajstić information content (AvgIpc) is 2.92. The normalized spacial score (nSPS) is 16.6. The quantitative estimate of drug-likeness (QED) is 0.852. The van der Waals surface area contributed by atoms with E-state index in [2.05, 4.69) is 15.9 Å². The summed E-state index contributed by atoms with van der Waals surface area (Å²) in [4.78, 5) is 13.9. The number of ether oxygens (including phenoxy) is 2. The third-order valence-electron chi connectivity index (χ3n) is 3.24. The minimum atomic E-state index is -0.195. The first kappa shape index (κ1) is 14.0. The summed E-state index contributed by atoms with van der Waals surface area (Å²) in [6, 6.07) is 9.14. The van der Waals surface area contributed by atoms with Crippen LogP contribution < -0.4 is 9.47 Å². The highest BCUT2D eigenvalue weighted by Gasteiger charge is 2.25. The van der Waals surface area contributed by atoms with Crippen molar-refractivity contribution in [3.8, 4) is 11.5 Å². The highest BCUT2D eigenvalue weighted by Crippen LogP contribution is 2.31. The number of carbonyl (C=O) groups is 1. The van der Waals surface area contributed by atoms with Crippen molar-refractivity contribution < 1.29 is 18.7 Å². The van der Waals surface area contributed by atoms with Crippen molar-refractivity contribution in [2.45, 2.75) is 6.10 Å². The second kappa shape index (κ2) is 5.81. The number of para-hydroxylation sites is 2. The predicted molar refractivity (Wildman–Crippen MR) is 79.7 cm³/mol. The molecule has 1 aliphatic rings. The van der Waals surface area contributed by atoms with Gasteiger partial charge in [-0.3, -0.25) is 4.79 Å². The molecule has 0 saturated carbocycles. The maximum Gasteiger partial charge on any atom is 0.258 e. The molecule has 0 aliphatic carbocycles. The fraction of sp³-hybridized carbons (Fsp3) is 0.267. The number of likely N-dealkylation sites (N-methyl/N-ethyl adjacent to an activating group) is 1. The number of rotatable bonds is 3. The zero-order valence-corrected chi connectivity index (χ0v) is 13.0. The van der Waals surface area contributed by atoms with Crippen LogP contribution in [0.5, 0.6) is 11.5 Å². The minimum Gasteiger partial charge on any atom is -0.486 e. The van der Waals surface area contributed by atoms with E-state index in [1.165, 1.54) is 6.26 Å². The lowest BCUT2D eigenvalue weighted by Crippen LogP contribution is -2.41. The van der Waals surface area contributed by atoms with Gasteiger partial charge in [0.2, 0.25) is 0 Å². The first-order chi connectivity index (χ1) is 10.1. The Morgan fingerprint density at radius 1 is 1.33 bits per heavy atom. The van der Waals surface area contributed by atoms with Gasteiger partial charge in [-0.1, -0.05) is 12.1 Å². The lowest BCUT2D eigenvalue weighted by molar-refractivity contribution is 0.0519. The zero-order chi connectivity index (χ0) is 14.8. The fourth-order valence-electron chi connectivity index (χ4n) is 2.19. The molecule has 0 spiro atoms. The molecule has 0 saturated heterocycles. The summed E-state index contributed by atoms with van der Waals surface area (Å²) in [5.41, 5.74) is 0.495. The maximum absolute atomic E-state index is 12.3. The molecule has 1 amide bonds. The molecule has 1 aromatic carbocycles. The van der Waals surface area contributed by atoms with Gasteiger partial charge in [0.1, 0.15) is 6.61 Å². The lowest BCUT2D eigenvalue weighted by Gasteiger charge is -2.29. The Hall–Kier alpha value is -1.95. The molecule has 0 N–H and O–H groups in total. The number of benzene rings is 1. The lowest BCUT2D eigenvalue weighted by atomic mass is 10.2. The molecular formula is C15H14BrNO4. The standard InChI is InChI=1S/C15H14BrNO4/c1-17(15(18)11-6-7-19-14(11)16)8-10-9-20-12-4-2-3-5-13(12)21-10/h2-7,10H,8-9H2,1H3. The Kier molecular flexibility index (Phi) is 3.88. The van der Waals surface area contributed by atoms with Gasteiger partial charge in [0.15, 0.2) is 22.3 Å². The fourth-order valence-corrected chi connectivity index (χ4v) is 2.60. The van der Waals surface area contributed by atoms with E-state index in [0.29, 0.717) is 29.1 Å². The van der Waals surface area contributed by atoms with E-state index in [9.17, 15) is 4.79 Å². The Labute approximate surface area is 130 Å². The van der Waals surface area contributed by atoms with Gasteiger partial charge in [-0.25, -0.2) is 0 Å². The summed E-state index contributed by atoms with van der Waals surface area (Å²) in [6.07, 6.45) is 1.28. The van der Waals surface area contributed by atoms with Gasteiger partial charge < -0.3 is 18.8 Å². The Morgan fingerprint density at radius 3 is 2.81 bits per heavy atom. The SMILES string of the molecule is CN(CC1COc2ccccc2O1)C(=O)c1ccoc1Br. The molecule has 110 valence electrons. The molecule has 3 rings (SSSR count). The molecule has 2 aromatic rings. The topological polar surface area (TPSA) is 51.9 Å². The van der Waals surface area contributed by atoms with E-state index in [1.54, 1.807) is 18.0 Å². The second-order valence-electron chi connectivity index (χ2n) is 4.79. The van der Waals surface area contributed by atoms with Crippen LogP contribution in [0.25, 0.3) is 0 Å². The van der Waals surface area contributed by atoms with Gasteiger partial charge in [0.25, 0.3) is 5.91 Å². The first-order valence-electron chi connectivity index (χ1n) is 6.52. The third kappa shape index (κ3) is 2.90. The molecule has 2 heterocycles. The number of halogens is 1. The summed E-state index contributed by atoms with van der Waals surface area (Å²) in [7, 11) is 1.73. The molecule has 0 bridgehead atoms. The Bertz CT molecular complexity index is 655. The number of hydrogen-bond donors (Lipinski definition) is 0. The van der Waals surface area contributed by atoms with E-state index < -0.39 is 0 Å². The number of hydrogen-bond acceptors (Lipinski definition) is 4. The second-order valence-corrected chi connectivity index (χ2v) is 5.51. The van der Waals surface area contributed by atoms with E-state index >= 15 is 0 Å². The van der Waals surface area contributed by atoms with Crippen LogP contribution in [0.2, 0.25) is 0 Å². The van der Waals surface area contributed by atoms with Crippen molar-refractivity contribution in [1.29, 1.82) is 0 Å². The van der Waals surface area contributed by atoms with Crippen molar-refractivity contribution in [3.63, 3.8) is 0 Å². The monoisotopic (exact) mass is 351 g/mol. The van der Waals surface area contributed by atoms with Crippen LogP contribution in [0.15, 0.2) is 45.7 Å². The van der Waals surface area contributed by atoms with Crippen molar-refractivity contribution >= 4 is 21.8 Å². The Morgan fingerprint density at radius 2 is 2.10 bits per heavy atom. The van der Waals surface area contributed by atoms with Crippen LogP contribution in [-0.2, 0) is 0 Å². The van der Waals surface area contributed by atoms with Gasteiger partial charge >= 0.3 is 0 Å². The van der Waals surface area contributed by atoms with Gasteiger partial charge in [0.05, 0.1) is 18.4 Å². The number of fused-ring (bicyclic) bond motifs is 1. The van der Waals surface area contributed by atoms with Gasteiger partial charge in [-0.2, -0.15) is 0 Å². The molecule has 5 nitrogen and oxygen atoms in total. The minimum absolute atomic E-state index is 0.127. The van der Waals surface area contributed by atoms with Crippen molar-refractivity contribution in [2.24, 2.45) is 0 Å². The first-order valence-corrected chi connectivity index (χ1v) is 7.31. The van der Waals surface area contributed by atoms with Crippen LogP contribution in [0.3, 0.4) is 0 Å². The molecular weight excluding hydrogens is 338 g/mol. The van der Waals surface area contributed by atoms with Crippen LogP contribution >= 0.6 is 15.9 Å². The number of carbonyl (C=O) groups excluding carboxylic acids is 1. The number of amides is 1. The van der Waals surface area contributed by atoms with Crippen molar-refractivity contribution in [3.05, 3.63) is 46.8 Å². The molecule has 1 aromatic heterocycles. The van der Waals surface area contributed by atoms with Crippen LogP contribution in [0.4, 0.5) is 0 Å². The Balaban J connectivity index is 1.65. The highest BCUT2D eigenvalue weighted by atomic mass is 79.9. The van der Waals surface area contributed by atoms with Gasteiger partial charge in [0, 0.05) is 7.05 Å². The largest absolute Gasteiger partial charge is 0.486 e. The zero-order valence-electron chi connectivity index (χ0n) is 11.4. The maximum atomic E-state index is 12.3. The predicted octanol–water partition coefficient (Wildman–Crippen LogP) is 2.95. The number of furan rings is 1. The molecule has 1 aliphatic heterocycles. The molecule has 21 heavy (non-hydrogen) atoms. The highest BCUT2D eigenvalue weighted by molar-refractivity contribution is 9.10. The summed E-state index contributed by atoms with van der Waals surface area (Å²) in [5.74, 6) is 1.32. The van der Waals surface area contributed by atoms with E-state index in [4.69, 9.17) is 13.9 Å². The van der Waals surface area contributed by atoms with E-state index in [1.807, 2.05) is 24.3 Å². The van der Waals surface area contributed by atoms with Crippen LogP contribution in [-0.4, -0.2) is 37.1 Å². The molecule has 1 unspecified atom stereocenters. The van der Waals surface area contributed by atoms with E-state index in [0.717, 1.165) is 5.75 Å². The summed E-state index contributed by atoms with van der Waals surface area (Å²) in [6.45, 7) is 0.853. The van der Waals surface area contributed by atoms with Gasteiger partial charge in [-0.05, 0) is 34.1 Å². The molecule has 1 atom stereocenters. The molecule has 0 radical (unpaired) electrons.